The number of amides is 4. The molecule has 4 amide bonds. The topological polar surface area (TPSA) is 117 Å². The van der Waals surface area contributed by atoms with Crippen molar-refractivity contribution in [2.24, 2.45) is 5.73 Å². The highest BCUT2D eigenvalue weighted by Gasteiger charge is 2.22. The number of nitrogens with zero attached hydrogens (tertiary/aromatic N) is 1. The standard InChI is InChI=1S/C12H21N5O3/c1-5-6-15-8(2)10(16-7-9(13)18)11(19)17(4)12(20)14-3/h5-6,15-16H,7H2,1-4H3,(H2,13,18)(H,14,20)/b6-5?,10-8-. The molecule has 0 saturated heterocycles. The first kappa shape index (κ1) is 17.5. The van der Waals surface area contributed by atoms with Gasteiger partial charge in [-0.05, 0) is 20.0 Å². The van der Waals surface area contributed by atoms with Crippen molar-refractivity contribution in [3.63, 3.8) is 0 Å². The molecule has 0 atom stereocenters. The smallest absolute Gasteiger partial charge is 0.323 e. The van der Waals surface area contributed by atoms with E-state index in [1.807, 2.05) is 0 Å². The van der Waals surface area contributed by atoms with Crippen LogP contribution >= 0.6 is 0 Å². The van der Waals surface area contributed by atoms with Crippen molar-refractivity contribution >= 4 is 17.8 Å². The van der Waals surface area contributed by atoms with Crippen molar-refractivity contribution in [2.45, 2.75) is 13.8 Å². The van der Waals surface area contributed by atoms with E-state index in [1.54, 1.807) is 26.1 Å². The van der Waals surface area contributed by atoms with Crippen molar-refractivity contribution in [2.75, 3.05) is 20.6 Å². The van der Waals surface area contributed by atoms with Gasteiger partial charge in [-0.3, -0.25) is 14.5 Å². The summed E-state index contributed by atoms with van der Waals surface area (Å²) in [7, 11) is 2.74. The molecule has 0 aliphatic rings. The Labute approximate surface area is 118 Å². The highest BCUT2D eigenvalue weighted by Crippen LogP contribution is 2.03. The van der Waals surface area contributed by atoms with Crippen LogP contribution in [0.2, 0.25) is 0 Å². The third-order valence-electron chi connectivity index (χ3n) is 2.32. The molecule has 112 valence electrons. The highest BCUT2D eigenvalue weighted by atomic mass is 16.2. The van der Waals surface area contributed by atoms with Gasteiger partial charge >= 0.3 is 6.03 Å². The minimum absolute atomic E-state index is 0.0907. The van der Waals surface area contributed by atoms with Crippen molar-refractivity contribution in [3.8, 4) is 0 Å². The molecule has 0 saturated carbocycles. The molecule has 20 heavy (non-hydrogen) atoms. The average Bonchev–Trinajstić information content (AvgIpc) is 2.42. The van der Waals surface area contributed by atoms with Gasteiger partial charge in [-0.25, -0.2) is 4.79 Å². The number of primary amides is 1. The van der Waals surface area contributed by atoms with Gasteiger partial charge in [0.25, 0.3) is 5.91 Å². The lowest BCUT2D eigenvalue weighted by Gasteiger charge is -2.19. The summed E-state index contributed by atoms with van der Waals surface area (Å²) < 4.78 is 0. The van der Waals surface area contributed by atoms with Crippen LogP contribution in [-0.4, -0.2) is 43.4 Å². The van der Waals surface area contributed by atoms with Crippen molar-refractivity contribution in [3.05, 3.63) is 23.7 Å². The van der Waals surface area contributed by atoms with Gasteiger partial charge < -0.3 is 21.7 Å². The summed E-state index contributed by atoms with van der Waals surface area (Å²) in [6.45, 7) is 3.23. The van der Waals surface area contributed by atoms with Crippen molar-refractivity contribution in [1.82, 2.24) is 20.9 Å². The highest BCUT2D eigenvalue weighted by molar-refractivity contribution is 6.03. The number of nitrogens with two attached hydrogens (primary N) is 1. The fourth-order valence-electron chi connectivity index (χ4n) is 1.25. The minimum Gasteiger partial charge on any atom is -0.370 e. The van der Waals surface area contributed by atoms with E-state index in [2.05, 4.69) is 16.0 Å². The Balaban J connectivity index is 5.24. The maximum atomic E-state index is 12.2. The molecule has 0 heterocycles. The number of likely N-dealkylation sites (N-methyl/N-ethyl adjacent to an activating group) is 1. The lowest BCUT2D eigenvalue weighted by Crippen LogP contribution is -2.44. The first-order chi connectivity index (χ1) is 9.34. The number of rotatable bonds is 6. The lowest BCUT2D eigenvalue weighted by molar-refractivity contribution is -0.123. The molecule has 0 aromatic carbocycles. The number of imide groups is 1. The summed E-state index contributed by atoms with van der Waals surface area (Å²) >= 11 is 0. The molecule has 0 aliphatic carbocycles. The van der Waals surface area contributed by atoms with Crippen LogP contribution in [0.4, 0.5) is 4.79 Å². The van der Waals surface area contributed by atoms with Crippen LogP contribution in [0.3, 0.4) is 0 Å². The summed E-state index contributed by atoms with van der Waals surface area (Å²) in [4.78, 5) is 35.4. The average molecular weight is 283 g/mol. The third kappa shape index (κ3) is 5.42. The first-order valence-corrected chi connectivity index (χ1v) is 5.95. The zero-order valence-electron chi connectivity index (χ0n) is 12.1. The van der Waals surface area contributed by atoms with Crippen LogP contribution in [-0.2, 0) is 9.59 Å². The Morgan fingerprint density at radius 2 is 1.90 bits per heavy atom. The number of hydrogen-bond donors (Lipinski definition) is 4. The molecule has 8 nitrogen and oxygen atoms in total. The van der Waals surface area contributed by atoms with Crippen molar-refractivity contribution in [1.29, 1.82) is 0 Å². The van der Waals surface area contributed by atoms with Gasteiger partial charge in [-0.1, -0.05) is 6.08 Å². The predicted octanol–water partition coefficient (Wildman–Crippen LogP) is -0.786. The van der Waals surface area contributed by atoms with Gasteiger partial charge in [0.2, 0.25) is 5.91 Å². The molecule has 0 aromatic heterocycles. The van der Waals surface area contributed by atoms with E-state index in [1.165, 1.54) is 14.1 Å². The second-order valence-electron chi connectivity index (χ2n) is 3.88. The zero-order chi connectivity index (χ0) is 15.7. The summed E-state index contributed by atoms with van der Waals surface area (Å²) in [6.07, 6.45) is 3.36. The molecule has 0 spiro atoms. The van der Waals surface area contributed by atoms with Crippen LogP contribution in [0.1, 0.15) is 13.8 Å². The molecule has 0 unspecified atom stereocenters. The van der Waals surface area contributed by atoms with Crippen LogP contribution in [0.5, 0.6) is 0 Å². The molecule has 0 aliphatic heterocycles. The van der Waals surface area contributed by atoms with Crippen LogP contribution in [0.15, 0.2) is 23.7 Å². The SMILES string of the molecule is CC=CN/C(C)=C(\NCC(N)=O)C(=O)N(C)C(=O)NC. The minimum atomic E-state index is -0.614. The van der Waals surface area contributed by atoms with E-state index in [0.29, 0.717) is 5.70 Å². The lowest BCUT2D eigenvalue weighted by atomic mass is 10.3. The van der Waals surface area contributed by atoms with Gasteiger partial charge in [0.05, 0.1) is 6.54 Å². The number of carbonyl (C=O) groups excluding carboxylic acids is 3. The maximum Gasteiger partial charge on any atom is 0.323 e. The molecule has 0 aromatic rings. The maximum absolute atomic E-state index is 12.2. The van der Waals surface area contributed by atoms with E-state index in [9.17, 15) is 14.4 Å². The quantitative estimate of drug-likeness (QED) is 0.477. The van der Waals surface area contributed by atoms with E-state index in [0.717, 1.165) is 4.90 Å². The molecular weight excluding hydrogens is 262 g/mol. The van der Waals surface area contributed by atoms with Gasteiger partial charge in [0, 0.05) is 19.8 Å². The monoisotopic (exact) mass is 283 g/mol. The second-order valence-corrected chi connectivity index (χ2v) is 3.88. The summed E-state index contributed by atoms with van der Waals surface area (Å²) in [5, 5.41) is 7.82. The Hall–Kier alpha value is -2.51. The van der Waals surface area contributed by atoms with Crippen LogP contribution in [0.25, 0.3) is 0 Å². The number of hydrogen-bond acceptors (Lipinski definition) is 5. The normalized spacial score (nSPS) is 11.6. The molecule has 0 fully saturated rings. The van der Waals surface area contributed by atoms with Gasteiger partial charge in [-0.15, -0.1) is 0 Å². The number of nitrogens with one attached hydrogen (secondary N) is 3. The first-order valence-electron chi connectivity index (χ1n) is 5.95. The van der Waals surface area contributed by atoms with Gasteiger partial charge in [0.15, 0.2) is 0 Å². The molecule has 0 radical (unpaired) electrons. The zero-order valence-corrected chi connectivity index (χ0v) is 12.1. The third-order valence-corrected chi connectivity index (χ3v) is 2.32. The summed E-state index contributed by atoms with van der Waals surface area (Å²) in [6, 6.07) is -0.563. The van der Waals surface area contributed by atoms with E-state index in [-0.39, 0.29) is 12.2 Å². The van der Waals surface area contributed by atoms with Crippen LogP contribution in [0, 0.1) is 0 Å². The number of urea groups is 1. The summed E-state index contributed by atoms with van der Waals surface area (Å²) in [5.41, 5.74) is 5.59. The number of allylic oxidation sites excluding steroid dienone is 2. The van der Waals surface area contributed by atoms with E-state index in [4.69, 9.17) is 5.73 Å². The Morgan fingerprint density at radius 1 is 1.30 bits per heavy atom. The Kier molecular flexibility index (Phi) is 7.49. The predicted molar refractivity (Wildman–Crippen MR) is 75.1 cm³/mol. The Morgan fingerprint density at radius 3 is 2.35 bits per heavy atom. The molecule has 0 bridgehead atoms. The van der Waals surface area contributed by atoms with Crippen molar-refractivity contribution < 1.29 is 14.4 Å². The Bertz CT molecular complexity index is 442. The van der Waals surface area contributed by atoms with Gasteiger partial charge in [0.1, 0.15) is 5.70 Å². The fourth-order valence-corrected chi connectivity index (χ4v) is 1.25. The molecule has 0 rings (SSSR count). The van der Waals surface area contributed by atoms with E-state index >= 15 is 0 Å². The number of carbonyl (C=O) groups is 3. The summed E-state index contributed by atoms with van der Waals surface area (Å²) in [5.74, 6) is -1.20. The largest absolute Gasteiger partial charge is 0.370 e. The molecule has 8 heteroatoms. The fraction of sp³-hybridized carbons (Fsp3) is 0.417. The molecular formula is C12H21N5O3. The second kappa shape index (κ2) is 8.57. The van der Waals surface area contributed by atoms with Gasteiger partial charge in [-0.2, -0.15) is 0 Å². The van der Waals surface area contributed by atoms with E-state index < -0.39 is 17.8 Å². The molecule has 5 N–H and O–H groups in total. The van der Waals surface area contributed by atoms with Crippen LogP contribution < -0.4 is 21.7 Å².